The van der Waals surface area contributed by atoms with Gasteiger partial charge in [0.2, 0.25) is 5.91 Å². The molecule has 0 unspecified atom stereocenters. The average molecular weight is 221 g/mol. The highest BCUT2D eigenvalue weighted by Gasteiger charge is 2.04. The molecule has 0 aliphatic rings. The standard InChI is InChI=1S/C12H15NO3/c1-9-3-4-11(10(7-9)8-14)16-6-5-12(15)13-2/h3-4,7-8H,5-6H2,1-2H3,(H,13,15). The lowest BCUT2D eigenvalue weighted by atomic mass is 10.1. The molecule has 0 aliphatic carbocycles. The Bertz CT molecular complexity index is 388. The van der Waals surface area contributed by atoms with Gasteiger partial charge in [-0.2, -0.15) is 0 Å². The third-order valence-electron chi connectivity index (χ3n) is 2.16. The fraction of sp³-hybridized carbons (Fsp3) is 0.333. The zero-order valence-corrected chi connectivity index (χ0v) is 9.45. The van der Waals surface area contributed by atoms with E-state index in [4.69, 9.17) is 4.74 Å². The molecular weight excluding hydrogens is 206 g/mol. The first-order chi connectivity index (χ1) is 7.67. The average Bonchev–Trinajstić information content (AvgIpc) is 2.30. The van der Waals surface area contributed by atoms with Crippen LogP contribution >= 0.6 is 0 Å². The van der Waals surface area contributed by atoms with Crippen molar-refractivity contribution in [2.45, 2.75) is 13.3 Å². The summed E-state index contributed by atoms with van der Waals surface area (Å²) in [5.41, 5.74) is 1.51. The lowest BCUT2D eigenvalue weighted by Crippen LogP contribution is -2.20. The van der Waals surface area contributed by atoms with Crippen LogP contribution in [0.2, 0.25) is 0 Å². The summed E-state index contributed by atoms with van der Waals surface area (Å²) in [7, 11) is 1.57. The predicted molar refractivity (Wildman–Crippen MR) is 60.7 cm³/mol. The number of ether oxygens (including phenoxy) is 1. The summed E-state index contributed by atoms with van der Waals surface area (Å²) in [6.45, 7) is 2.17. The highest BCUT2D eigenvalue weighted by atomic mass is 16.5. The molecule has 0 radical (unpaired) electrons. The van der Waals surface area contributed by atoms with E-state index in [2.05, 4.69) is 5.32 Å². The largest absolute Gasteiger partial charge is 0.492 e. The van der Waals surface area contributed by atoms with Crippen molar-refractivity contribution in [3.05, 3.63) is 29.3 Å². The van der Waals surface area contributed by atoms with Crippen molar-refractivity contribution in [3.8, 4) is 5.75 Å². The minimum absolute atomic E-state index is 0.0836. The van der Waals surface area contributed by atoms with Gasteiger partial charge in [0.05, 0.1) is 18.6 Å². The van der Waals surface area contributed by atoms with Crippen LogP contribution in [0.3, 0.4) is 0 Å². The monoisotopic (exact) mass is 221 g/mol. The molecule has 1 aromatic carbocycles. The number of aldehydes is 1. The van der Waals surface area contributed by atoms with Gasteiger partial charge in [-0.1, -0.05) is 11.6 Å². The van der Waals surface area contributed by atoms with Crippen molar-refractivity contribution in [2.24, 2.45) is 0 Å². The van der Waals surface area contributed by atoms with E-state index in [1.165, 1.54) is 0 Å². The quantitative estimate of drug-likeness (QED) is 0.763. The Hall–Kier alpha value is -1.84. The number of aryl methyl sites for hydroxylation is 1. The van der Waals surface area contributed by atoms with Gasteiger partial charge in [-0.05, 0) is 19.1 Å². The molecule has 0 fully saturated rings. The van der Waals surface area contributed by atoms with E-state index < -0.39 is 0 Å². The Kier molecular flexibility index (Phi) is 4.51. The fourth-order valence-corrected chi connectivity index (χ4v) is 1.27. The normalized spacial score (nSPS) is 9.62. The van der Waals surface area contributed by atoms with E-state index in [0.717, 1.165) is 11.8 Å². The van der Waals surface area contributed by atoms with Gasteiger partial charge in [0.1, 0.15) is 5.75 Å². The van der Waals surface area contributed by atoms with Crippen molar-refractivity contribution in [1.29, 1.82) is 0 Å². The summed E-state index contributed by atoms with van der Waals surface area (Å²) in [6.07, 6.45) is 1.03. The van der Waals surface area contributed by atoms with Crippen LogP contribution in [0.5, 0.6) is 5.75 Å². The van der Waals surface area contributed by atoms with Gasteiger partial charge < -0.3 is 10.1 Å². The molecule has 1 amide bonds. The van der Waals surface area contributed by atoms with Gasteiger partial charge in [-0.3, -0.25) is 9.59 Å². The van der Waals surface area contributed by atoms with Crippen molar-refractivity contribution < 1.29 is 14.3 Å². The van der Waals surface area contributed by atoms with Crippen molar-refractivity contribution in [3.63, 3.8) is 0 Å². The minimum Gasteiger partial charge on any atom is -0.492 e. The number of carbonyl (C=O) groups excluding carboxylic acids is 2. The van der Waals surface area contributed by atoms with Gasteiger partial charge in [0.15, 0.2) is 6.29 Å². The lowest BCUT2D eigenvalue weighted by molar-refractivity contribution is -0.121. The Morgan fingerprint density at radius 2 is 2.25 bits per heavy atom. The molecule has 0 spiro atoms. The van der Waals surface area contributed by atoms with Crippen LogP contribution < -0.4 is 10.1 Å². The number of nitrogens with one attached hydrogen (secondary N) is 1. The molecule has 86 valence electrons. The molecule has 16 heavy (non-hydrogen) atoms. The smallest absolute Gasteiger partial charge is 0.223 e. The first-order valence-electron chi connectivity index (χ1n) is 5.06. The van der Waals surface area contributed by atoms with Crippen molar-refractivity contribution in [1.82, 2.24) is 5.32 Å². The van der Waals surface area contributed by atoms with E-state index >= 15 is 0 Å². The number of amides is 1. The van der Waals surface area contributed by atoms with Gasteiger partial charge in [-0.25, -0.2) is 0 Å². The van der Waals surface area contributed by atoms with E-state index in [0.29, 0.717) is 11.3 Å². The number of rotatable bonds is 5. The summed E-state index contributed by atoms with van der Waals surface area (Å²) in [6, 6.07) is 5.35. The zero-order valence-electron chi connectivity index (χ0n) is 9.45. The maximum atomic E-state index is 10.9. The summed E-state index contributed by atoms with van der Waals surface area (Å²) in [5.74, 6) is 0.435. The molecule has 4 nitrogen and oxygen atoms in total. The highest BCUT2D eigenvalue weighted by Crippen LogP contribution is 2.18. The Morgan fingerprint density at radius 1 is 1.50 bits per heavy atom. The van der Waals surface area contributed by atoms with Crippen LogP contribution in [-0.2, 0) is 4.79 Å². The molecular formula is C12H15NO3. The second kappa shape index (κ2) is 5.90. The Labute approximate surface area is 94.6 Å². The van der Waals surface area contributed by atoms with Gasteiger partial charge >= 0.3 is 0 Å². The molecule has 0 bridgehead atoms. The molecule has 0 aromatic heterocycles. The maximum absolute atomic E-state index is 10.9. The van der Waals surface area contributed by atoms with Crippen molar-refractivity contribution in [2.75, 3.05) is 13.7 Å². The maximum Gasteiger partial charge on any atom is 0.223 e. The number of carbonyl (C=O) groups is 2. The molecule has 1 rings (SSSR count). The van der Waals surface area contributed by atoms with E-state index in [1.807, 2.05) is 13.0 Å². The van der Waals surface area contributed by atoms with Gasteiger partial charge in [-0.15, -0.1) is 0 Å². The number of hydrogen-bond acceptors (Lipinski definition) is 3. The second-order valence-electron chi connectivity index (χ2n) is 3.43. The predicted octanol–water partition coefficient (Wildman–Crippen LogP) is 1.32. The van der Waals surface area contributed by atoms with Crippen LogP contribution in [0.1, 0.15) is 22.3 Å². The van der Waals surface area contributed by atoms with Crippen LogP contribution in [-0.4, -0.2) is 25.8 Å². The van der Waals surface area contributed by atoms with Gasteiger partial charge in [0, 0.05) is 7.05 Å². The summed E-state index contributed by atoms with van der Waals surface area (Å²) in [4.78, 5) is 21.7. The third-order valence-corrected chi connectivity index (χ3v) is 2.16. The molecule has 0 heterocycles. The molecule has 0 aliphatic heterocycles. The second-order valence-corrected chi connectivity index (χ2v) is 3.43. The number of benzene rings is 1. The Balaban J connectivity index is 2.60. The number of hydrogen-bond donors (Lipinski definition) is 1. The topological polar surface area (TPSA) is 55.4 Å². The SMILES string of the molecule is CNC(=O)CCOc1ccc(C)cc1C=O. The summed E-state index contributed by atoms with van der Waals surface area (Å²) >= 11 is 0. The molecule has 0 saturated heterocycles. The van der Waals surface area contributed by atoms with E-state index in [1.54, 1.807) is 19.2 Å². The molecule has 0 atom stereocenters. The summed E-state index contributed by atoms with van der Waals surface area (Å²) < 4.78 is 5.36. The lowest BCUT2D eigenvalue weighted by Gasteiger charge is -2.08. The zero-order chi connectivity index (χ0) is 12.0. The highest BCUT2D eigenvalue weighted by molar-refractivity contribution is 5.79. The Morgan fingerprint density at radius 3 is 2.88 bits per heavy atom. The minimum atomic E-state index is -0.0836. The van der Waals surface area contributed by atoms with E-state index in [9.17, 15) is 9.59 Å². The first kappa shape index (κ1) is 12.2. The first-order valence-corrected chi connectivity index (χ1v) is 5.06. The molecule has 1 aromatic rings. The van der Waals surface area contributed by atoms with Crippen LogP contribution in [0, 0.1) is 6.92 Å². The van der Waals surface area contributed by atoms with Gasteiger partial charge in [0.25, 0.3) is 0 Å². The van der Waals surface area contributed by atoms with Crippen LogP contribution in [0.15, 0.2) is 18.2 Å². The van der Waals surface area contributed by atoms with Crippen LogP contribution in [0.4, 0.5) is 0 Å². The molecule has 0 saturated carbocycles. The van der Waals surface area contributed by atoms with Crippen molar-refractivity contribution >= 4 is 12.2 Å². The van der Waals surface area contributed by atoms with Crippen LogP contribution in [0.25, 0.3) is 0 Å². The third kappa shape index (κ3) is 3.38. The van der Waals surface area contributed by atoms with E-state index in [-0.39, 0.29) is 18.9 Å². The fourth-order valence-electron chi connectivity index (χ4n) is 1.27. The molecule has 1 N–H and O–H groups in total. The molecule has 4 heteroatoms. The summed E-state index contributed by atoms with van der Waals surface area (Å²) in [5, 5.41) is 2.50.